The summed E-state index contributed by atoms with van der Waals surface area (Å²) in [7, 11) is 3.35. The van der Waals surface area contributed by atoms with E-state index >= 15 is 0 Å². The van der Waals surface area contributed by atoms with Crippen molar-refractivity contribution in [1.29, 1.82) is 0 Å². The smallest absolute Gasteiger partial charge is 0.127 e. The molecule has 0 amide bonds. The second-order valence-electron chi connectivity index (χ2n) is 5.46. The second kappa shape index (κ2) is 6.21. The molecule has 1 rings (SSSR count). The highest BCUT2D eigenvalue weighted by Crippen LogP contribution is 2.35. The Morgan fingerprint density at radius 2 is 1.83 bits per heavy atom. The Labute approximate surface area is 110 Å². The van der Waals surface area contributed by atoms with E-state index in [1.165, 1.54) is 11.1 Å². The van der Waals surface area contributed by atoms with Crippen molar-refractivity contribution < 1.29 is 9.57 Å². The monoisotopic (exact) mass is 251 g/mol. The predicted octanol–water partition coefficient (Wildman–Crippen LogP) is 3.21. The fourth-order valence-corrected chi connectivity index (χ4v) is 2.04. The maximum atomic E-state index is 5.60. The average molecular weight is 251 g/mol. The normalized spacial score (nSPS) is 11.7. The molecule has 0 spiro atoms. The number of hydrogen-bond acceptors (Lipinski definition) is 3. The fourth-order valence-electron chi connectivity index (χ4n) is 2.04. The van der Waals surface area contributed by atoms with Gasteiger partial charge in [0.2, 0.25) is 0 Å². The van der Waals surface area contributed by atoms with Gasteiger partial charge in [-0.25, -0.2) is 0 Å². The molecular formula is C15H25NO2. The van der Waals surface area contributed by atoms with Gasteiger partial charge in [0.1, 0.15) is 5.75 Å². The number of hydrogen-bond donors (Lipinski definition) is 1. The lowest BCUT2D eigenvalue weighted by Crippen LogP contribution is -2.17. The van der Waals surface area contributed by atoms with Crippen molar-refractivity contribution in [3.8, 4) is 5.75 Å². The highest BCUT2D eigenvalue weighted by Gasteiger charge is 2.21. The van der Waals surface area contributed by atoms with Crippen LogP contribution in [-0.4, -0.2) is 14.2 Å². The molecule has 3 heteroatoms. The predicted molar refractivity (Wildman–Crippen MR) is 74.9 cm³/mol. The number of ether oxygens (including phenoxy) is 1. The molecule has 18 heavy (non-hydrogen) atoms. The number of hydroxylamine groups is 1. The van der Waals surface area contributed by atoms with Gasteiger partial charge >= 0.3 is 0 Å². The van der Waals surface area contributed by atoms with E-state index in [1.54, 1.807) is 14.2 Å². The summed E-state index contributed by atoms with van der Waals surface area (Å²) in [5, 5.41) is 0. The van der Waals surface area contributed by atoms with Crippen molar-refractivity contribution >= 4 is 0 Å². The van der Waals surface area contributed by atoms with Crippen molar-refractivity contribution in [2.75, 3.05) is 14.2 Å². The van der Waals surface area contributed by atoms with Crippen LogP contribution in [0.1, 0.15) is 44.4 Å². The first kappa shape index (κ1) is 15.0. The molecule has 0 saturated heterocycles. The minimum absolute atomic E-state index is 0.0678. The van der Waals surface area contributed by atoms with Crippen LogP contribution in [0.3, 0.4) is 0 Å². The van der Waals surface area contributed by atoms with Gasteiger partial charge in [-0.2, -0.15) is 5.48 Å². The SMILES string of the molecule is CCc1cc(CNOC)c(OC)c(C(C)(C)C)c1. The molecule has 0 unspecified atom stereocenters. The zero-order valence-corrected chi connectivity index (χ0v) is 12.4. The quantitative estimate of drug-likeness (QED) is 0.815. The molecule has 0 atom stereocenters. The fraction of sp³-hybridized carbons (Fsp3) is 0.600. The molecule has 0 radical (unpaired) electrons. The van der Waals surface area contributed by atoms with Gasteiger partial charge in [-0.15, -0.1) is 0 Å². The van der Waals surface area contributed by atoms with E-state index in [2.05, 4.69) is 45.3 Å². The van der Waals surface area contributed by atoms with Crippen molar-refractivity contribution in [2.24, 2.45) is 0 Å². The van der Waals surface area contributed by atoms with Gasteiger partial charge in [-0.3, -0.25) is 0 Å². The van der Waals surface area contributed by atoms with Gasteiger partial charge in [0.15, 0.2) is 0 Å². The Morgan fingerprint density at radius 3 is 2.28 bits per heavy atom. The highest BCUT2D eigenvalue weighted by atomic mass is 16.6. The Balaban J connectivity index is 3.30. The molecule has 102 valence electrons. The van der Waals surface area contributed by atoms with Crippen LogP contribution in [0.2, 0.25) is 0 Å². The highest BCUT2D eigenvalue weighted by molar-refractivity contribution is 5.48. The molecule has 3 nitrogen and oxygen atoms in total. The number of benzene rings is 1. The number of methoxy groups -OCH3 is 1. The minimum Gasteiger partial charge on any atom is -0.496 e. The first-order valence-corrected chi connectivity index (χ1v) is 6.40. The van der Waals surface area contributed by atoms with Gasteiger partial charge in [0.05, 0.1) is 14.2 Å². The lowest BCUT2D eigenvalue weighted by atomic mass is 9.83. The summed E-state index contributed by atoms with van der Waals surface area (Å²) in [6.45, 7) is 9.44. The topological polar surface area (TPSA) is 30.5 Å². The van der Waals surface area contributed by atoms with Crippen LogP contribution in [0, 0.1) is 0 Å². The third kappa shape index (κ3) is 3.47. The molecule has 0 saturated carbocycles. The summed E-state index contributed by atoms with van der Waals surface area (Å²) in [5.41, 5.74) is 6.67. The number of aryl methyl sites for hydroxylation is 1. The van der Waals surface area contributed by atoms with Crippen LogP contribution in [0.5, 0.6) is 5.75 Å². The van der Waals surface area contributed by atoms with E-state index in [1.807, 2.05) is 0 Å². The van der Waals surface area contributed by atoms with E-state index in [0.717, 1.165) is 17.7 Å². The Morgan fingerprint density at radius 1 is 1.17 bits per heavy atom. The first-order valence-electron chi connectivity index (χ1n) is 6.40. The summed E-state index contributed by atoms with van der Waals surface area (Å²) in [4.78, 5) is 4.94. The average Bonchev–Trinajstić information content (AvgIpc) is 2.33. The lowest BCUT2D eigenvalue weighted by molar-refractivity contribution is 0.0860. The van der Waals surface area contributed by atoms with Gasteiger partial charge in [0, 0.05) is 17.7 Å². The Bertz CT molecular complexity index is 394. The second-order valence-corrected chi connectivity index (χ2v) is 5.46. The Hall–Kier alpha value is -1.06. The van der Waals surface area contributed by atoms with Gasteiger partial charge < -0.3 is 9.57 Å². The summed E-state index contributed by atoms with van der Waals surface area (Å²) in [6, 6.07) is 4.43. The van der Waals surface area contributed by atoms with Crippen LogP contribution in [-0.2, 0) is 23.2 Å². The molecule has 0 aromatic heterocycles. The minimum atomic E-state index is 0.0678. The third-order valence-corrected chi connectivity index (χ3v) is 3.05. The van der Waals surface area contributed by atoms with E-state index in [4.69, 9.17) is 9.57 Å². The van der Waals surface area contributed by atoms with E-state index in [0.29, 0.717) is 6.54 Å². The standard InChI is InChI=1S/C15H25NO2/c1-7-11-8-12(10-16-18-6)14(17-5)13(9-11)15(2,3)4/h8-9,16H,7,10H2,1-6H3. The van der Waals surface area contributed by atoms with Gasteiger partial charge in [0.25, 0.3) is 0 Å². The van der Waals surface area contributed by atoms with Crippen molar-refractivity contribution in [2.45, 2.75) is 46.1 Å². The zero-order chi connectivity index (χ0) is 13.8. The molecule has 0 aliphatic carbocycles. The molecule has 0 aliphatic heterocycles. The molecule has 1 aromatic carbocycles. The maximum absolute atomic E-state index is 5.60. The van der Waals surface area contributed by atoms with E-state index in [9.17, 15) is 0 Å². The van der Waals surface area contributed by atoms with E-state index in [-0.39, 0.29) is 5.41 Å². The van der Waals surface area contributed by atoms with Gasteiger partial charge in [-0.1, -0.05) is 39.8 Å². The van der Waals surface area contributed by atoms with Crippen molar-refractivity contribution in [1.82, 2.24) is 5.48 Å². The van der Waals surface area contributed by atoms with Crippen LogP contribution in [0.15, 0.2) is 12.1 Å². The summed E-state index contributed by atoms with van der Waals surface area (Å²) < 4.78 is 5.60. The molecule has 0 fully saturated rings. The summed E-state index contributed by atoms with van der Waals surface area (Å²) in [5.74, 6) is 0.962. The van der Waals surface area contributed by atoms with Crippen molar-refractivity contribution in [3.05, 3.63) is 28.8 Å². The number of rotatable bonds is 5. The molecule has 0 aliphatic rings. The Kier molecular flexibility index (Phi) is 5.17. The van der Waals surface area contributed by atoms with Crippen LogP contribution < -0.4 is 10.2 Å². The third-order valence-electron chi connectivity index (χ3n) is 3.05. The van der Waals surface area contributed by atoms with E-state index < -0.39 is 0 Å². The summed E-state index contributed by atoms with van der Waals surface area (Å²) in [6.07, 6.45) is 1.02. The summed E-state index contributed by atoms with van der Waals surface area (Å²) >= 11 is 0. The molecule has 0 bridgehead atoms. The molecule has 0 heterocycles. The lowest BCUT2D eigenvalue weighted by Gasteiger charge is -2.25. The maximum Gasteiger partial charge on any atom is 0.127 e. The molecule has 1 aromatic rings. The van der Waals surface area contributed by atoms with Crippen LogP contribution in [0.4, 0.5) is 0 Å². The van der Waals surface area contributed by atoms with Crippen molar-refractivity contribution in [3.63, 3.8) is 0 Å². The zero-order valence-electron chi connectivity index (χ0n) is 12.4. The van der Waals surface area contributed by atoms with Crippen LogP contribution in [0.25, 0.3) is 0 Å². The van der Waals surface area contributed by atoms with Gasteiger partial charge in [-0.05, 0) is 17.4 Å². The van der Waals surface area contributed by atoms with Crippen LogP contribution >= 0.6 is 0 Å². The number of nitrogens with one attached hydrogen (secondary N) is 1. The molecule has 1 N–H and O–H groups in total. The molecular weight excluding hydrogens is 226 g/mol. The first-order chi connectivity index (χ1) is 8.43. The largest absolute Gasteiger partial charge is 0.496 e.